The van der Waals surface area contributed by atoms with Gasteiger partial charge in [-0.1, -0.05) is 36.8 Å². The molecule has 1 fully saturated rings. The molecular weight excluding hydrogens is 284 g/mol. The van der Waals surface area contributed by atoms with Gasteiger partial charge in [0.2, 0.25) is 5.91 Å². The smallest absolute Gasteiger partial charge is 0.230 e. The fraction of sp³-hybridized carbons (Fsp3) is 0.278. The van der Waals surface area contributed by atoms with Gasteiger partial charge in [0, 0.05) is 12.1 Å². The Morgan fingerprint density at radius 2 is 1.86 bits per heavy atom. The van der Waals surface area contributed by atoms with Crippen LogP contribution < -0.4 is 5.32 Å². The Morgan fingerprint density at radius 3 is 2.50 bits per heavy atom. The lowest BCUT2D eigenvalue weighted by Gasteiger charge is -2.40. The first-order valence-corrected chi connectivity index (χ1v) is 7.40. The van der Waals surface area contributed by atoms with Crippen LogP contribution in [0.1, 0.15) is 30.4 Å². The third-order valence-electron chi connectivity index (χ3n) is 4.42. The summed E-state index contributed by atoms with van der Waals surface area (Å²) in [5, 5.41) is 2.80. The van der Waals surface area contributed by atoms with E-state index in [0.29, 0.717) is 24.0 Å². The van der Waals surface area contributed by atoms with Crippen molar-refractivity contribution in [2.24, 2.45) is 0 Å². The van der Waals surface area contributed by atoms with Crippen LogP contribution in [0, 0.1) is 11.6 Å². The van der Waals surface area contributed by atoms with E-state index in [1.165, 1.54) is 18.2 Å². The molecule has 0 unspecified atom stereocenters. The Bertz CT molecular complexity index is 695. The molecule has 2 nitrogen and oxygen atoms in total. The molecule has 22 heavy (non-hydrogen) atoms. The minimum Gasteiger partial charge on any atom is -0.351 e. The summed E-state index contributed by atoms with van der Waals surface area (Å²) in [5.41, 5.74) is 0.474. The number of amides is 1. The second-order valence-electron chi connectivity index (χ2n) is 5.72. The van der Waals surface area contributed by atoms with Crippen molar-refractivity contribution in [3.63, 3.8) is 0 Å². The van der Waals surface area contributed by atoms with Crippen LogP contribution in [-0.4, -0.2) is 5.91 Å². The zero-order chi connectivity index (χ0) is 15.6. The van der Waals surface area contributed by atoms with Gasteiger partial charge >= 0.3 is 0 Å². The van der Waals surface area contributed by atoms with Crippen LogP contribution in [-0.2, 0) is 16.8 Å². The van der Waals surface area contributed by atoms with E-state index in [1.807, 2.05) is 0 Å². The first-order valence-electron chi connectivity index (χ1n) is 7.40. The molecule has 2 aromatic rings. The van der Waals surface area contributed by atoms with Gasteiger partial charge in [-0.3, -0.25) is 4.79 Å². The molecule has 1 N–H and O–H groups in total. The molecule has 0 bridgehead atoms. The second kappa shape index (κ2) is 5.87. The monoisotopic (exact) mass is 301 g/mol. The summed E-state index contributed by atoms with van der Waals surface area (Å²) < 4.78 is 27.1. The van der Waals surface area contributed by atoms with E-state index in [2.05, 4.69) is 5.32 Å². The van der Waals surface area contributed by atoms with E-state index in [0.717, 1.165) is 6.42 Å². The third kappa shape index (κ3) is 2.61. The molecule has 4 heteroatoms. The Labute approximate surface area is 128 Å². The van der Waals surface area contributed by atoms with Crippen LogP contribution in [0.4, 0.5) is 8.78 Å². The maximum absolute atomic E-state index is 13.6. The van der Waals surface area contributed by atoms with Gasteiger partial charge in [0.25, 0.3) is 0 Å². The summed E-state index contributed by atoms with van der Waals surface area (Å²) in [6.45, 7) is 0.141. The molecule has 2 aromatic carbocycles. The highest BCUT2D eigenvalue weighted by atomic mass is 19.1. The highest BCUT2D eigenvalue weighted by Crippen LogP contribution is 2.44. The van der Waals surface area contributed by atoms with E-state index in [1.54, 1.807) is 30.3 Å². The van der Waals surface area contributed by atoms with Gasteiger partial charge in [0.1, 0.15) is 11.6 Å². The Morgan fingerprint density at radius 1 is 1.09 bits per heavy atom. The van der Waals surface area contributed by atoms with Crippen LogP contribution in [0.5, 0.6) is 0 Å². The molecule has 0 aromatic heterocycles. The van der Waals surface area contributed by atoms with Crippen molar-refractivity contribution in [3.8, 4) is 0 Å². The van der Waals surface area contributed by atoms with Crippen LogP contribution in [0.3, 0.4) is 0 Å². The number of halogens is 2. The van der Waals surface area contributed by atoms with Crippen molar-refractivity contribution in [3.05, 3.63) is 71.3 Å². The number of hydrogen-bond acceptors (Lipinski definition) is 1. The lowest BCUT2D eigenvalue weighted by atomic mass is 9.64. The highest BCUT2D eigenvalue weighted by Gasteiger charge is 2.45. The predicted molar refractivity (Wildman–Crippen MR) is 80.2 cm³/mol. The number of benzene rings is 2. The summed E-state index contributed by atoms with van der Waals surface area (Å²) in [5.74, 6) is -0.838. The molecule has 1 aliphatic rings. The Balaban J connectivity index is 1.76. The van der Waals surface area contributed by atoms with Crippen molar-refractivity contribution in [1.82, 2.24) is 5.32 Å². The molecule has 0 radical (unpaired) electrons. The first-order chi connectivity index (χ1) is 10.6. The van der Waals surface area contributed by atoms with Gasteiger partial charge in [0.15, 0.2) is 0 Å². The number of hydrogen-bond donors (Lipinski definition) is 1. The van der Waals surface area contributed by atoms with Gasteiger partial charge in [-0.15, -0.1) is 0 Å². The number of nitrogens with one attached hydrogen (secondary N) is 1. The van der Waals surface area contributed by atoms with Crippen molar-refractivity contribution in [2.75, 3.05) is 0 Å². The van der Waals surface area contributed by atoms with Gasteiger partial charge in [0.05, 0.1) is 5.41 Å². The lowest BCUT2D eigenvalue weighted by Crippen LogP contribution is -2.49. The molecule has 1 amide bonds. The van der Waals surface area contributed by atoms with Crippen molar-refractivity contribution in [2.45, 2.75) is 31.2 Å². The lowest BCUT2D eigenvalue weighted by molar-refractivity contribution is -0.130. The molecule has 3 rings (SSSR count). The molecule has 114 valence electrons. The van der Waals surface area contributed by atoms with Crippen LogP contribution in [0.15, 0.2) is 48.5 Å². The maximum atomic E-state index is 13.6. The standard InChI is InChI=1S/C18H17F2NO/c19-15-7-3-6-14(11-15)18(9-4-10-18)17(22)21-12-13-5-1-2-8-16(13)20/h1-3,5-8,11H,4,9-10,12H2,(H,21,22). The highest BCUT2D eigenvalue weighted by molar-refractivity contribution is 5.89. The average Bonchev–Trinajstić information content (AvgIpc) is 2.45. The fourth-order valence-electron chi connectivity index (χ4n) is 2.95. The van der Waals surface area contributed by atoms with Crippen LogP contribution >= 0.6 is 0 Å². The number of carbonyl (C=O) groups excluding carboxylic acids is 1. The summed E-state index contributed by atoms with van der Waals surface area (Å²) in [6.07, 6.45) is 2.32. The molecular formula is C18H17F2NO. The largest absolute Gasteiger partial charge is 0.351 e. The Kier molecular flexibility index (Phi) is 3.92. The van der Waals surface area contributed by atoms with Gasteiger partial charge in [-0.2, -0.15) is 0 Å². The fourth-order valence-corrected chi connectivity index (χ4v) is 2.95. The number of carbonyl (C=O) groups is 1. The predicted octanol–water partition coefficient (Wildman–Crippen LogP) is 3.70. The molecule has 1 aliphatic carbocycles. The second-order valence-corrected chi connectivity index (χ2v) is 5.72. The summed E-state index contributed by atoms with van der Waals surface area (Å²) >= 11 is 0. The van der Waals surface area contributed by atoms with E-state index in [4.69, 9.17) is 0 Å². The minimum absolute atomic E-state index is 0.141. The molecule has 0 saturated heterocycles. The summed E-state index contributed by atoms with van der Waals surface area (Å²) in [4.78, 5) is 12.6. The van der Waals surface area contributed by atoms with Gasteiger partial charge in [-0.05, 0) is 36.6 Å². The van der Waals surface area contributed by atoms with Gasteiger partial charge in [-0.25, -0.2) is 8.78 Å². The topological polar surface area (TPSA) is 29.1 Å². The van der Waals surface area contributed by atoms with Crippen molar-refractivity contribution in [1.29, 1.82) is 0 Å². The molecule has 0 spiro atoms. The van der Waals surface area contributed by atoms with Crippen LogP contribution in [0.2, 0.25) is 0 Å². The molecule has 0 atom stereocenters. The Hall–Kier alpha value is -2.23. The van der Waals surface area contributed by atoms with E-state index in [9.17, 15) is 13.6 Å². The van der Waals surface area contributed by atoms with E-state index >= 15 is 0 Å². The third-order valence-corrected chi connectivity index (χ3v) is 4.42. The summed E-state index contributed by atoms with van der Waals surface area (Å²) in [7, 11) is 0. The SMILES string of the molecule is O=C(NCc1ccccc1F)C1(c2cccc(F)c2)CCC1. The molecule has 1 saturated carbocycles. The summed E-state index contributed by atoms with van der Waals surface area (Å²) in [6, 6.07) is 12.5. The number of rotatable bonds is 4. The van der Waals surface area contributed by atoms with Crippen molar-refractivity contribution < 1.29 is 13.6 Å². The zero-order valence-electron chi connectivity index (χ0n) is 12.1. The van der Waals surface area contributed by atoms with E-state index in [-0.39, 0.29) is 24.1 Å². The minimum atomic E-state index is -0.673. The van der Waals surface area contributed by atoms with Crippen LogP contribution in [0.25, 0.3) is 0 Å². The zero-order valence-corrected chi connectivity index (χ0v) is 12.1. The first kappa shape index (κ1) is 14.7. The van der Waals surface area contributed by atoms with Crippen molar-refractivity contribution >= 4 is 5.91 Å². The van der Waals surface area contributed by atoms with E-state index < -0.39 is 5.41 Å². The normalized spacial score (nSPS) is 15.9. The quantitative estimate of drug-likeness (QED) is 0.916. The maximum Gasteiger partial charge on any atom is 0.230 e. The molecule has 0 aliphatic heterocycles. The molecule has 0 heterocycles. The average molecular weight is 301 g/mol. The van der Waals surface area contributed by atoms with Gasteiger partial charge < -0.3 is 5.32 Å².